The second kappa shape index (κ2) is 6.56. The van der Waals surface area contributed by atoms with Gasteiger partial charge >= 0.3 is 0 Å². The number of piperidine rings is 1. The summed E-state index contributed by atoms with van der Waals surface area (Å²) in [7, 11) is 0. The van der Waals surface area contributed by atoms with Crippen LogP contribution in [0.2, 0.25) is 0 Å². The summed E-state index contributed by atoms with van der Waals surface area (Å²) in [5, 5.41) is 11.5. The van der Waals surface area contributed by atoms with Gasteiger partial charge in [-0.15, -0.1) is 0 Å². The van der Waals surface area contributed by atoms with Crippen LogP contribution in [0.25, 0.3) is 0 Å². The molecule has 0 unspecified atom stereocenters. The Hall–Kier alpha value is -2.11. The minimum Gasteiger partial charge on any atom is -0.409 e. The molecule has 2 rings (SSSR count). The third kappa shape index (κ3) is 3.51. The number of nitrogens with two attached hydrogens (primary N) is 1. The summed E-state index contributed by atoms with van der Waals surface area (Å²) < 4.78 is 0. The minimum atomic E-state index is -0.0525. The molecule has 1 saturated heterocycles. The molecule has 1 fully saturated rings. The van der Waals surface area contributed by atoms with E-state index in [9.17, 15) is 4.79 Å². The molecule has 0 radical (unpaired) electrons. The van der Waals surface area contributed by atoms with Gasteiger partial charge in [0, 0.05) is 24.8 Å². The first-order valence-corrected chi connectivity index (χ1v) is 7.26. The van der Waals surface area contributed by atoms with Crippen molar-refractivity contribution in [2.75, 3.05) is 13.1 Å². The summed E-state index contributed by atoms with van der Waals surface area (Å²) >= 11 is 0. The number of carbonyl (C=O) groups is 1. The van der Waals surface area contributed by atoms with Crippen LogP contribution in [0.4, 0.5) is 0 Å². The van der Waals surface area contributed by atoms with Crippen molar-refractivity contribution in [3.05, 3.63) is 29.6 Å². The van der Waals surface area contributed by atoms with Gasteiger partial charge in [-0.1, -0.05) is 19.0 Å². The Morgan fingerprint density at radius 3 is 2.57 bits per heavy atom. The Labute approximate surface area is 124 Å². The van der Waals surface area contributed by atoms with Gasteiger partial charge in [0.05, 0.1) is 0 Å². The van der Waals surface area contributed by atoms with Gasteiger partial charge < -0.3 is 15.8 Å². The van der Waals surface area contributed by atoms with E-state index in [-0.39, 0.29) is 11.7 Å². The lowest BCUT2D eigenvalue weighted by Crippen LogP contribution is -2.39. The summed E-state index contributed by atoms with van der Waals surface area (Å²) in [6.45, 7) is 6.03. The van der Waals surface area contributed by atoms with Gasteiger partial charge in [-0.3, -0.25) is 9.78 Å². The maximum absolute atomic E-state index is 12.4. The predicted molar refractivity (Wildman–Crippen MR) is 80.2 cm³/mol. The highest BCUT2D eigenvalue weighted by atomic mass is 16.4. The van der Waals surface area contributed by atoms with E-state index in [0.717, 1.165) is 25.9 Å². The summed E-state index contributed by atoms with van der Waals surface area (Å²) in [5.41, 5.74) is 6.36. The summed E-state index contributed by atoms with van der Waals surface area (Å²) in [6.07, 6.45) is 3.54. The highest BCUT2D eigenvalue weighted by Crippen LogP contribution is 2.25. The number of nitrogens with zero attached hydrogens (tertiary/aromatic N) is 3. The van der Waals surface area contributed by atoms with E-state index in [4.69, 9.17) is 10.9 Å². The summed E-state index contributed by atoms with van der Waals surface area (Å²) in [4.78, 5) is 18.3. The number of aromatic nitrogens is 1. The number of carbonyl (C=O) groups excluding carboxylic acids is 1. The fourth-order valence-electron chi connectivity index (χ4n) is 2.66. The normalized spacial score (nSPS) is 17.3. The maximum Gasteiger partial charge on any atom is 0.272 e. The third-order valence-corrected chi connectivity index (χ3v) is 4.16. The van der Waals surface area contributed by atoms with E-state index in [1.807, 2.05) is 4.90 Å². The largest absolute Gasteiger partial charge is 0.409 e. The minimum absolute atomic E-state index is 0.0146. The molecule has 1 aromatic heterocycles. The molecule has 3 N–H and O–H groups in total. The number of hydrogen-bond donors (Lipinski definition) is 2. The van der Waals surface area contributed by atoms with Gasteiger partial charge in [-0.2, -0.15) is 0 Å². The number of amides is 1. The molecule has 1 aromatic rings. The van der Waals surface area contributed by atoms with Gasteiger partial charge in [0.25, 0.3) is 5.91 Å². The molecule has 1 aliphatic heterocycles. The standard InChI is InChI=1S/C15H22N4O2/c1-10(2)11-5-7-19(8-6-11)15(20)13-4-3-12(9-17-13)14(16)18-21/h3-4,9-11,21H,5-8H2,1-2H3,(H2,16,18). The quantitative estimate of drug-likeness (QED) is 0.383. The van der Waals surface area contributed by atoms with Gasteiger partial charge in [0.1, 0.15) is 5.69 Å². The molecule has 1 amide bonds. The van der Waals surface area contributed by atoms with Crippen molar-refractivity contribution < 1.29 is 10.0 Å². The van der Waals surface area contributed by atoms with E-state index in [1.54, 1.807) is 12.1 Å². The highest BCUT2D eigenvalue weighted by molar-refractivity contribution is 5.98. The Balaban J connectivity index is 2.01. The molecule has 114 valence electrons. The number of amidine groups is 1. The van der Waals surface area contributed by atoms with Crippen molar-refractivity contribution in [1.82, 2.24) is 9.88 Å². The predicted octanol–water partition coefficient (Wildman–Crippen LogP) is 1.68. The number of pyridine rings is 1. The van der Waals surface area contributed by atoms with Crippen LogP contribution in [0, 0.1) is 11.8 Å². The fraction of sp³-hybridized carbons (Fsp3) is 0.533. The molecule has 1 aliphatic rings. The van der Waals surface area contributed by atoms with E-state index in [2.05, 4.69) is 24.0 Å². The smallest absolute Gasteiger partial charge is 0.272 e. The molecule has 6 nitrogen and oxygen atoms in total. The Morgan fingerprint density at radius 2 is 2.10 bits per heavy atom. The third-order valence-electron chi connectivity index (χ3n) is 4.16. The molecule has 0 saturated carbocycles. The molecule has 0 atom stereocenters. The zero-order valence-corrected chi connectivity index (χ0v) is 12.5. The van der Waals surface area contributed by atoms with E-state index in [1.165, 1.54) is 6.20 Å². The molecule has 0 bridgehead atoms. The SMILES string of the molecule is CC(C)C1CCN(C(=O)c2ccc(/C(N)=N/O)cn2)CC1. The Bertz CT molecular complexity index is 517. The van der Waals surface area contributed by atoms with Crippen molar-refractivity contribution in [1.29, 1.82) is 0 Å². The zero-order valence-electron chi connectivity index (χ0n) is 12.5. The van der Waals surface area contributed by atoms with Crippen molar-refractivity contribution in [2.45, 2.75) is 26.7 Å². The van der Waals surface area contributed by atoms with E-state index >= 15 is 0 Å². The van der Waals surface area contributed by atoms with Gasteiger partial charge in [-0.25, -0.2) is 0 Å². The highest BCUT2D eigenvalue weighted by Gasteiger charge is 2.25. The van der Waals surface area contributed by atoms with Crippen LogP contribution in [0.3, 0.4) is 0 Å². The first-order chi connectivity index (χ1) is 10.0. The van der Waals surface area contributed by atoms with Gasteiger partial charge in [0.2, 0.25) is 0 Å². The molecule has 0 aliphatic carbocycles. The van der Waals surface area contributed by atoms with E-state index in [0.29, 0.717) is 23.1 Å². The monoisotopic (exact) mass is 290 g/mol. The molecule has 0 spiro atoms. The lowest BCUT2D eigenvalue weighted by molar-refractivity contribution is 0.0662. The van der Waals surface area contributed by atoms with Gasteiger partial charge in [0.15, 0.2) is 5.84 Å². The molecule has 2 heterocycles. The Morgan fingerprint density at radius 1 is 1.43 bits per heavy atom. The second-order valence-electron chi connectivity index (χ2n) is 5.79. The molecule has 21 heavy (non-hydrogen) atoms. The second-order valence-corrected chi connectivity index (χ2v) is 5.79. The van der Waals surface area contributed by atoms with Crippen LogP contribution >= 0.6 is 0 Å². The van der Waals surface area contributed by atoms with Gasteiger partial charge in [-0.05, 0) is 36.8 Å². The van der Waals surface area contributed by atoms with Crippen molar-refractivity contribution in [3.8, 4) is 0 Å². The molecule has 6 heteroatoms. The van der Waals surface area contributed by atoms with Crippen LogP contribution in [-0.4, -0.2) is 39.9 Å². The zero-order chi connectivity index (χ0) is 15.4. The van der Waals surface area contributed by atoms with Crippen molar-refractivity contribution in [3.63, 3.8) is 0 Å². The maximum atomic E-state index is 12.4. The summed E-state index contributed by atoms with van der Waals surface area (Å²) in [6, 6.07) is 3.25. The van der Waals surface area contributed by atoms with Crippen LogP contribution in [0.15, 0.2) is 23.5 Å². The first kappa shape index (κ1) is 15.3. The lowest BCUT2D eigenvalue weighted by atomic mass is 9.86. The average molecular weight is 290 g/mol. The molecular formula is C15H22N4O2. The lowest BCUT2D eigenvalue weighted by Gasteiger charge is -2.33. The number of oxime groups is 1. The Kier molecular flexibility index (Phi) is 4.77. The van der Waals surface area contributed by atoms with E-state index < -0.39 is 0 Å². The molecule has 0 aromatic carbocycles. The molecular weight excluding hydrogens is 268 g/mol. The topological polar surface area (TPSA) is 91.8 Å². The van der Waals surface area contributed by atoms with Crippen molar-refractivity contribution in [2.24, 2.45) is 22.7 Å². The number of hydrogen-bond acceptors (Lipinski definition) is 4. The average Bonchev–Trinajstić information content (AvgIpc) is 2.53. The van der Waals surface area contributed by atoms with Crippen LogP contribution < -0.4 is 5.73 Å². The first-order valence-electron chi connectivity index (χ1n) is 7.26. The summed E-state index contributed by atoms with van der Waals surface area (Å²) in [5.74, 6) is 1.30. The fourth-order valence-corrected chi connectivity index (χ4v) is 2.66. The van der Waals surface area contributed by atoms with Crippen LogP contribution in [0.5, 0.6) is 0 Å². The van der Waals surface area contributed by atoms with Crippen LogP contribution in [0.1, 0.15) is 42.7 Å². The van der Waals surface area contributed by atoms with Crippen molar-refractivity contribution >= 4 is 11.7 Å². The number of rotatable bonds is 3. The van der Waals surface area contributed by atoms with Crippen LogP contribution in [-0.2, 0) is 0 Å². The number of likely N-dealkylation sites (tertiary alicyclic amines) is 1.